The number of hydrogen-bond donors (Lipinski definition) is 1. The molecule has 1 aliphatic heterocycles. The van der Waals surface area contributed by atoms with Crippen LogP contribution in [-0.2, 0) is 11.2 Å². The second-order valence-electron chi connectivity index (χ2n) is 7.73. The number of amides is 2. The molecule has 1 aromatic heterocycles. The van der Waals surface area contributed by atoms with E-state index in [4.69, 9.17) is 0 Å². The summed E-state index contributed by atoms with van der Waals surface area (Å²) in [6.07, 6.45) is 2.18. The topological polar surface area (TPSA) is 69.3 Å². The number of nitrogens with zero attached hydrogens (tertiary/aromatic N) is 3. The van der Waals surface area contributed by atoms with Gasteiger partial charge in [-0.2, -0.15) is 5.10 Å². The lowest BCUT2D eigenvalue weighted by molar-refractivity contribution is -0.131. The molecule has 0 unspecified atom stereocenters. The quantitative estimate of drug-likeness (QED) is 0.708. The van der Waals surface area contributed by atoms with Crippen LogP contribution in [0.25, 0.3) is 0 Å². The van der Waals surface area contributed by atoms with Crippen molar-refractivity contribution in [2.45, 2.75) is 25.2 Å². The maximum absolute atomic E-state index is 12.7. The molecule has 3 aromatic rings. The van der Waals surface area contributed by atoms with E-state index in [1.54, 1.807) is 11.9 Å². The molecule has 2 heterocycles. The first-order chi connectivity index (χ1) is 14.6. The van der Waals surface area contributed by atoms with Crippen molar-refractivity contribution in [3.8, 4) is 0 Å². The fourth-order valence-corrected chi connectivity index (χ4v) is 3.92. The normalized spacial score (nSPS) is 14.5. The monoisotopic (exact) mass is 402 g/mol. The van der Waals surface area contributed by atoms with Crippen molar-refractivity contribution < 1.29 is 9.59 Å². The Morgan fingerprint density at radius 3 is 2.33 bits per heavy atom. The number of piperidine rings is 1. The van der Waals surface area contributed by atoms with Crippen LogP contribution in [0.15, 0.2) is 66.7 Å². The van der Waals surface area contributed by atoms with E-state index in [-0.39, 0.29) is 17.7 Å². The van der Waals surface area contributed by atoms with Crippen LogP contribution in [-0.4, -0.2) is 47.0 Å². The van der Waals surface area contributed by atoms with Crippen LogP contribution in [0.1, 0.15) is 40.5 Å². The summed E-state index contributed by atoms with van der Waals surface area (Å²) in [5.74, 6) is 0.311. The number of likely N-dealkylation sites (tertiary alicyclic amines) is 1. The van der Waals surface area contributed by atoms with Gasteiger partial charge >= 0.3 is 0 Å². The summed E-state index contributed by atoms with van der Waals surface area (Å²) in [6, 6.07) is 21.2. The zero-order valence-corrected chi connectivity index (χ0v) is 17.1. The molecule has 1 saturated heterocycles. The van der Waals surface area contributed by atoms with Crippen LogP contribution < -0.4 is 4.90 Å². The third kappa shape index (κ3) is 4.43. The number of hydrogen-bond acceptors (Lipinski definition) is 3. The van der Waals surface area contributed by atoms with E-state index in [0.29, 0.717) is 12.1 Å². The third-order valence-electron chi connectivity index (χ3n) is 5.75. The lowest BCUT2D eigenvalue weighted by Gasteiger charge is -2.31. The molecule has 0 radical (unpaired) electrons. The van der Waals surface area contributed by atoms with Crippen molar-refractivity contribution in [1.82, 2.24) is 15.1 Å². The first kappa shape index (κ1) is 19.9. The summed E-state index contributed by atoms with van der Waals surface area (Å²) in [7, 11) is 1.75. The van der Waals surface area contributed by atoms with E-state index in [2.05, 4.69) is 10.2 Å². The highest BCUT2D eigenvalue weighted by Crippen LogP contribution is 2.28. The largest absolute Gasteiger partial charge is 0.342 e. The van der Waals surface area contributed by atoms with Crippen LogP contribution in [0, 0.1) is 0 Å². The van der Waals surface area contributed by atoms with Crippen molar-refractivity contribution in [1.29, 1.82) is 0 Å². The molecule has 6 heteroatoms. The molecule has 2 aromatic carbocycles. The number of carbonyl (C=O) groups is 2. The second kappa shape index (κ2) is 8.95. The van der Waals surface area contributed by atoms with Gasteiger partial charge in [0, 0.05) is 37.4 Å². The molecule has 0 atom stereocenters. The number of carbonyl (C=O) groups excluding carboxylic acids is 2. The first-order valence-electron chi connectivity index (χ1n) is 10.3. The molecular formula is C24H26N4O2. The molecule has 2 amide bonds. The SMILES string of the molecule is CN(C(=O)c1cc(C2CCN(C(=O)Cc3ccccc3)CC2)[nH]n1)c1ccccc1. The smallest absolute Gasteiger partial charge is 0.278 e. The van der Waals surface area contributed by atoms with Crippen LogP contribution in [0.4, 0.5) is 5.69 Å². The lowest BCUT2D eigenvalue weighted by Crippen LogP contribution is -2.38. The molecule has 0 aliphatic carbocycles. The minimum atomic E-state index is -0.140. The highest BCUT2D eigenvalue weighted by Gasteiger charge is 2.26. The number of rotatable bonds is 5. The molecule has 0 bridgehead atoms. The molecule has 154 valence electrons. The van der Waals surface area contributed by atoms with Gasteiger partial charge in [0.25, 0.3) is 5.91 Å². The second-order valence-corrected chi connectivity index (χ2v) is 7.73. The Kier molecular flexibility index (Phi) is 5.93. The lowest BCUT2D eigenvalue weighted by atomic mass is 9.93. The number of anilines is 1. The van der Waals surface area contributed by atoms with Gasteiger partial charge in [-0.1, -0.05) is 48.5 Å². The minimum absolute atomic E-state index is 0.140. The van der Waals surface area contributed by atoms with Crippen molar-refractivity contribution in [2.24, 2.45) is 0 Å². The molecule has 1 N–H and O–H groups in total. The van der Waals surface area contributed by atoms with Gasteiger partial charge < -0.3 is 9.80 Å². The molecule has 30 heavy (non-hydrogen) atoms. The average molecular weight is 402 g/mol. The molecule has 0 spiro atoms. The van der Waals surface area contributed by atoms with Crippen molar-refractivity contribution in [2.75, 3.05) is 25.0 Å². The van der Waals surface area contributed by atoms with Crippen molar-refractivity contribution in [3.05, 3.63) is 83.7 Å². The Hall–Kier alpha value is -3.41. The van der Waals surface area contributed by atoms with E-state index in [0.717, 1.165) is 42.9 Å². The summed E-state index contributed by atoms with van der Waals surface area (Å²) in [5, 5.41) is 7.30. The number of para-hydroxylation sites is 1. The number of nitrogens with one attached hydrogen (secondary N) is 1. The molecule has 1 aliphatic rings. The number of H-pyrrole nitrogens is 1. The van der Waals surface area contributed by atoms with Crippen LogP contribution in [0.2, 0.25) is 0 Å². The standard InChI is InChI=1S/C24H26N4O2/c1-27(20-10-6-3-7-11-20)24(30)22-17-21(25-26-22)19-12-14-28(15-13-19)23(29)16-18-8-4-2-5-9-18/h2-11,17,19H,12-16H2,1H3,(H,25,26). The molecule has 0 saturated carbocycles. The summed E-state index contributed by atoms with van der Waals surface area (Å²) in [5.41, 5.74) is 3.26. The maximum Gasteiger partial charge on any atom is 0.278 e. The summed E-state index contributed by atoms with van der Waals surface area (Å²) in [4.78, 5) is 28.9. The van der Waals surface area contributed by atoms with Crippen molar-refractivity contribution in [3.63, 3.8) is 0 Å². The van der Waals surface area contributed by atoms with Gasteiger partial charge in [-0.3, -0.25) is 14.7 Å². The van der Waals surface area contributed by atoms with Gasteiger partial charge in [0.05, 0.1) is 6.42 Å². The van der Waals surface area contributed by atoms with Gasteiger partial charge in [-0.15, -0.1) is 0 Å². The van der Waals surface area contributed by atoms with E-state index in [1.807, 2.05) is 71.6 Å². The molecule has 1 fully saturated rings. The Balaban J connectivity index is 1.34. The molecule has 4 rings (SSSR count). The van der Waals surface area contributed by atoms with Crippen LogP contribution in [0.5, 0.6) is 0 Å². The van der Waals surface area contributed by atoms with E-state index < -0.39 is 0 Å². The molecule has 6 nitrogen and oxygen atoms in total. The summed E-state index contributed by atoms with van der Waals surface area (Å²) >= 11 is 0. The fourth-order valence-electron chi connectivity index (χ4n) is 3.92. The van der Waals surface area contributed by atoms with Gasteiger partial charge in [0.15, 0.2) is 5.69 Å². The zero-order valence-electron chi connectivity index (χ0n) is 17.1. The fraction of sp³-hybridized carbons (Fsp3) is 0.292. The first-order valence-corrected chi connectivity index (χ1v) is 10.3. The zero-order chi connectivity index (χ0) is 20.9. The summed E-state index contributed by atoms with van der Waals surface area (Å²) < 4.78 is 0. The van der Waals surface area contributed by atoms with E-state index in [1.165, 1.54) is 0 Å². The van der Waals surface area contributed by atoms with E-state index in [9.17, 15) is 9.59 Å². The highest BCUT2D eigenvalue weighted by atomic mass is 16.2. The third-order valence-corrected chi connectivity index (χ3v) is 5.75. The predicted molar refractivity (Wildman–Crippen MR) is 116 cm³/mol. The van der Waals surface area contributed by atoms with Gasteiger partial charge in [-0.05, 0) is 36.6 Å². The Morgan fingerprint density at radius 1 is 1.03 bits per heavy atom. The molecular weight excluding hydrogens is 376 g/mol. The van der Waals surface area contributed by atoms with Crippen LogP contribution >= 0.6 is 0 Å². The Labute approximate surface area is 176 Å². The van der Waals surface area contributed by atoms with Gasteiger partial charge in [0.2, 0.25) is 5.91 Å². The van der Waals surface area contributed by atoms with Crippen molar-refractivity contribution >= 4 is 17.5 Å². The predicted octanol–water partition coefficient (Wildman–Crippen LogP) is 3.64. The summed E-state index contributed by atoms with van der Waals surface area (Å²) in [6.45, 7) is 1.45. The number of benzene rings is 2. The average Bonchev–Trinajstić information content (AvgIpc) is 3.30. The van der Waals surface area contributed by atoms with Gasteiger partial charge in [-0.25, -0.2) is 0 Å². The number of aromatic amines is 1. The van der Waals surface area contributed by atoms with E-state index >= 15 is 0 Å². The highest BCUT2D eigenvalue weighted by molar-refractivity contribution is 6.04. The number of aromatic nitrogens is 2. The minimum Gasteiger partial charge on any atom is -0.342 e. The Bertz CT molecular complexity index is 992. The van der Waals surface area contributed by atoms with Gasteiger partial charge in [0.1, 0.15) is 0 Å². The van der Waals surface area contributed by atoms with Crippen LogP contribution in [0.3, 0.4) is 0 Å². The maximum atomic E-state index is 12.7. The Morgan fingerprint density at radius 2 is 1.67 bits per heavy atom.